The quantitative estimate of drug-likeness (QED) is 0.765. The monoisotopic (exact) mass is 241 g/mol. The molecule has 2 saturated heterocycles. The summed E-state index contributed by atoms with van der Waals surface area (Å²) in [6.45, 7) is 9.34. The fraction of sp³-hybridized carbons (Fsp3) is 1.00. The van der Waals surface area contributed by atoms with Gasteiger partial charge in [-0.1, -0.05) is 0 Å². The van der Waals surface area contributed by atoms with Crippen LogP contribution in [0, 0.1) is 0 Å². The van der Waals surface area contributed by atoms with Gasteiger partial charge < -0.3 is 15.4 Å². The standard InChI is InChI=1S/C13H27N3O/c1-11-8-13(10-14,4-5-15(11)3)16-6-7-17-12(2)9-16/h11-12H,4-10,14H2,1-3H3. The van der Waals surface area contributed by atoms with Crippen LogP contribution in [0.15, 0.2) is 0 Å². The van der Waals surface area contributed by atoms with Gasteiger partial charge in [0.05, 0.1) is 12.7 Å². The molecular formula is C13H27N3O. The van der Waals surface area contributed by atoms with Crippen LogP contribution in [0.3, 0.4) is 0 Å². The molecule has 4 heteroatoms. The van der Waals surface area contributed by atoms with Gasteiger partial charge in [-0.2, -0.15) is 0 Å². The summed E-state index contributed by atoms with van der Waals surface area (Å²) in [4.78, 5) is 5.03. The Morgan fingerprint density at radius 1 is 1.35 bits per heavy atom. The van der Waals surface area contributed by atoms with Crippen LogP contribution in [0.5, 0.6) is 0 Å². The molecule has 2 aliphatic heterocycles. The minimum Gasteiger partial charge on any atom is -0.376 e. The molecule has 0 aromatic rings. The van der Waals surface area contributed by atoms with E-state index in [-0.39, 0.29) is 5.54 Å². The largest absolute Gasteiger partial charge is 0.376 e. The predicted octanol–water partition coefficient (Wildman–Crippen LogP) is 0.519. The van der Waals surface area contributed by atoms with Crippen molar-refractivity contribution in [2.24, 2.45) is 5.73 Å². The minimum atomic E-state index is 0.212. The molecule has 0 saturated carbocycles. The molecule has 17 heavy (non-hydrogen) atoms. The maximum atomic E-state index is 6.12. The van der Waals surface area contributed by atoms with E-state index in [9.17, 15) is 0 Å². The zero-order valence-electron chi connectivity index (χ0n) is 11.5. The molecule has 0 aromatic heterocycles. The van der Waals surface area contributed by atoms with Crippen LogP contribution in [-0.2, 0) is 4.74 Å². The van der Waals surface area contributed by atoms with Crippen molar-refractivity contribution in [3.8, 4) is 0 Å². The molecule has 2 N–H and O–H groups in total. The second kappa shape index (κ2) is 5.22. The summed E-state index contributed by atoms with van der Waals surface area (Å²) in [5.41, 5.74) is 6.33. The van der Waals surface area contributed by atoms with Gasteiger partial charge in [0.2, 0.25) is 0 Å². The highest BCUT2D eigenvalue weighted by molar-refractivity contribution is 4.99. The van der Waals surface area contributed by atoms with Gasteiger partial charge in [0.15, 0.2) is 0 Å². The molecule has 2 fully saturated rings. The zero-order valence-corrected chi connectivity index (χ0v) is 11.5. The first-order valence-corrected chi connectivity index (χ1v) is 6.84. The Balaban J connectivity index is 2.08. The highest BCUT2D eigenvalue weighted by Gasteiger charge is 2.42. The van der Waals surface area contributed by atoms with Gasteiger partial charge in [-0.3, -0.25) is 4.90 Å². The lowest BCUT2D eigenvalue weighted by molar-refractivity contribution is -0.0816. The number of nitrogens with two attached hydrogens (primary N) is 1. The molecule has 0 aromatic carbocycles. The third-order valence-electron chi connectivity index (χ3n) is 4.65. The van der Waals surface area contributed by atoms with E-state index in [2.05, 4.69) is 30.7 Å². The topological polar surface area (TPSA) is 41.7 Å². The second-order valence-corrected chi connectivity index (χ2v) is 5.84. The van der Waals surface area contributed by atoms with Crippen molar-refractivity contribution in [2.45, 2.75) is 44.4 Å². The third-order valence-corrected chi connectivity index (χ3v) is 4.65. The molecule has 0 bridgehead atoms. The van der Waals surface area contributed by atoms with Crippen molar-refractivity contribution in [2.75, 3.05) is 39.8 Å². The van der Waals surface area contributed by atoms with Crippen LogP contribution in [0.25, 0.3) is 0 Å². The summed E-state index contributed by atoms with van der Waals surface area (Å²) in [6.07, 6.45) is 2.73. The molecule has 3 unspecified atom stereocenters. The van der Waals surface area contributed by atoms with Crippen LogP contribution >= 0.6 is 0 Å². The molecule has 2 aliphatic rings. The lowest BCUT2D eigenvalue weighted by Crippen LogP contribution is -2.64. The Hall–Kier alpha value is -0.160. The number of nitrogens with zero attached hydrogens (tertiary/aromatic N) is 2. The van der Waals surface area contributed by atoms with E-state index in [1.165, 1.54) is 12.8 Å². The molecule has 2 rings (SSSR count). The molecule has 2 heterocycles. The molecule has 100 valence electrons. The van der Waals surface area contributed by atoms with Crippen LogP contribution in [0.1, 0.15) is 26.7 Å². The number of ether oxygens (including phenoxy) is 1. The maximum absolute atomic E-state index is 6.12. The average molecular weight is 241 g/mol. The Bertz CT molecular complexity index is 261. The number of likely N-dealkylation sites (tertiary alicyclic amines) is 1. The van der Waals surface area contributed by atoms with Gasteiger partial charge >= 0.3 is 0 Å². The van der Waals surface area contributed by atoms with Crippen molar-refractivity contribution >= 4 is 0 Å². The molecule has 0 amide bonds. The molecule has 0 radical (unpaired) electrons. The van der Waals surface area contributed by atoms with Crippen molar-refractivity contribution < 1.29 is 4.74 Å². The van der Waals surface area contributed by atoms with Crippen molar-refractivity contribution in [1.29, 1.82) is 0 Å². The maximum Gasteiger partial charge on any atom is 0.0674 e. The fourth-order valence-electron chi connectivity index (χ4n) is 3.26. The van der Waals surface area contributed by atoms with E-state index < -0.39 is 0 Å². The minimum absolute atomic E-state index is 0.212. The van der Waals surface area contributed by atoms with E-state index >= 15 is 0 Å². The first kappa shape index (κ1) is 13.3. The summed E-state index contributed by atoms with van der Waals surface area (Å²) in [5.74, 6) is 0. The predicted molar refractivity (Wildman–Crippen MR) is 70.1 cm³/mol. The Labute approximate surface area is 105 Å². The average Bonchev–Trinajstić information content (AvgIpc) is 2.33. The van der Waals surface area contributed by atoms with Crippen molar-refractivity contribution in [3.63, 3.8) is 0 Å². The number of hydrogen-bond donors (Lipinski definition) is 1. The summed E-state index contributed by atoms with van der Waals surface area (Å²) in [5, 5.41) is 0. The number of rotatable bonds is 2. The summed E-state index contributed by atoms with van der Waals surface area (Å²) >= 11 is 0. The van der Waals surface area contributed by atoms with Crippen molar-refractivity contribution in [3.05, 3.63) is 0 Å². The summed E-state index contributed by atoms with van der Waals surface area (Å²) < 4.78 is 5.64. The third kappa shape index (κ3) is 2.65. The zero-order chi connectivity index (χ0) is 12.5. The van der Waals surface area contributed by atoms with Gasteiger partial charge in [0, 0.05) is 31.2 Å². The molecule has 3 atom stereocenters. The molecular weight excluding hydrogens is 214 g/mol. The molecule has 0 aliphatic carbocycles. The normalized spacial score (nSPS) is 41.6. The fourth-order valence-corrected chi connectivity index (χ4v) is 3.26. The van der Waals surface area contributed by atoms with Crippen LogP contribution < -0.4 is 5.73 Å². The smallest absolute Gasteiger partial charge is 0.0674 e. The highest BCUT2D eigenvalue weighted by Crippen LogP contribution is 2.32. The van der Waals surface area contributed by atoms with E-state index in [1.54, 1.807) is 0 Å². The Morgan fingerprint density at radius 2 is 2.12 bits per heavy atom. The second-order valence-electron chi connectivity index (χ2n) is 5.84. The van der Waals surface area contributed by atoms with Gasteiger partial charge in [0.1, 0.15) is 0 Å². The van der Waals surface area contributed by atoms with E-state index in [1.807, 2.05) is 0 Å². The van der Waals surface area contributed by atoms with Gasteiger partial charge in [0.25, 0.3) is 0 Å². The first-order valence-electron chi connectivity index (χ1n) is 6.84. The van der Waals surface area contributed by atoms with E-state index in [0.717, 1.165) is 32.8 Å². The number of hydrogen-bond acceptors (Lipinski definition) is 4. The van der Waals surface area contributed by atoms with Crippen LogP contribution in [-0.4, -0.2) is 67.3 Å². The van der Waals surface area contributed by atoms with Crippen LogP contribution in [0.2, 0.25) is 0 Å². The highest BCUT2D eigenvalue weighted by atomic mass is 16.5. The van der Waals surface area contributed by atoms with Gasteiger partial charge in [-0.15, -0.1) is 0 Å². The Kier molecular flexibility index (Phi) is 4.08. The number of morpholine rings is 1. The summed E-state index contributed by atoms with van der Waals surface area (Å²) in [6, 6.07) is 0.630. The summed E-state index contributed by atoms with van der Waals surface area (Å²) in [7, 11) is 2.22. The van der Waals surface area contributed by atoms with Gasteiger partial charge in [-0.05, 0) is 40.3 Å². The molecule has 0 spiro atoms. The van der Waals surface area contributed by atoms with E-state index in [0.29, 0.717) is 12.1 Å². The van der Waals surface area contributed by atoms with Crippen molar-refractivity contribution in [1.82, 2.24) is 9.80 Å². The van der Waals surface area contributed by atoms with Gasteiger partial charge in [-0.25, -0.2) is 0 Å². The SMILES string of the molecule is CC1CN(C2(CN)CCN(C)C(C)C2)CCO1. The lowest BCUT2D eigenvalue weighted by Gasteiger charge is -2.52. The van der Waals surface area contributed by atoms with Crippen LogP contribution in [0.4, 0.5) is 0 Å². The number of piperidine rings is 1. The Morgan fingerprint density at radius 3 is 2.71 bits per heavy atom. The molecule has 4 nitrogen and oxygen atoms in total. The lowest BCUT2D eigenvalue weighted by atomic mass is 9.81. The first-order chi connectivity index (χ1) is 8.07. The van der Waals surface area contributed by atoms with E-state index in [4.69, 9.17) is 10.5 Å².